The minimum absolute atomic E-state index is 0.254. The van der Waals surface area contributed by atoms with Crippen molar-refractivity contribution >= 4 is 50.5 Å². The monoisotopic (exact) mass is 416 g/mol. The number of anilines is 1. The number of nitrogens with one attached hydrogen (secondary N) is 2. The predicted molar refractivity (Wildman–Crippen MR) is 115 cm³/mol. The molecule has 7 heteroatoms. The molecule has 2 aromatic carbocycles. The molecule has 5 nitrogen and oxygen atoms in total. The third kappa shape index (κ3) is 4.29. The number of benzene rings is 2. The Morgan fingerprint density at radius 3 is 2.46 bits per heavy atom. The Kier molecular flexibility index (Phi) is 5.63. The average Bonchev–Trinajstić information content (AvgIpc) is 2.97. The van der Waals surface area contributed by atoms with Gasteiger partial charge in [-0.2, -0.15) is 0 Å². The second-order valence-electron chi connectivity index (χ2n) is 7.31. The first-order chi connectivity index (χ1) is 13.2. The Bertz CT molecular complexity index is 1050. The number of para-hydroxylation sites is 1. The van der Waals surface area contributed by atoms with Crippen molar-refractivity contribution in [2.24, 2.45) is 0 Å². The molecule has 28 heavy (non-hydrogen) atoms. The Labute approximate surface area is 172 Å². The maximum absolute atomic E-state index is 12.9. The second-order valence-corrected chi connectivity index (χ2v) is 8.74. The van der Waals surface area contributed by atoms with E-state index in [1.807, 2.05) is 32.9 Å². The lowest BCUT2D eigenvalue weighted by atomic mass is 10.1. The van der Waals surface area contributed by atoms with Crippen molar-refractivity contribution in [3.05, 3.63) is 57.9 Å². The summed E-state index contributed by atoms with van der Waals surface area (Å²) in [5.74, 6) is 0.0818. The average molecular weight is 417 g/mol. The number of halogens is 1. The largest absolute Gasteiger partial charge is 0.497 e. The fraction of sp³-hybridized carbons (Fsp3) is 0.238. The van der Waals surface area contributed by atoms with Crippen LogP contribution in [0, 0.1) is 0 Å². The first-order valence-electron chi connectivity index (χ1n) is 8.68. The Morgan fingerprint density at radius 1 is 1.07 bits per heavy atom. The lowest BCUT2D eigenvalue weighted by Gasteiger charge is -2.21. The molecule has 0 fully saturated rings. The highest BCUT2D eigenvalue weighted by atomic mass is 35.5. The highest BCUT2D eigenvalue weighted by Gasteiger charge is 2.21. The second kappa shape index (κ2) is 7.81. The molecular weight excluding hydrogens is 396 g/mol. The summed E-state index contributed by atoms with van der Waals surface area (Å²) in [7, 11) is 1.59. The van der Waals surface area contributed by atoms with Gasteiger partial charge in [-0.15, -0.1) is 11.3 Å². The van der Waals surface area contributed by atoms with Gasteiger partial charge in [0, 0.05) is 15.6 Å². The minimum atomic E-state index is -0.387. The number of carbonyl (C=O) groups excluding carboxylic acids is 2. The smallest absolute Gasteiger partial charge is 0.267 e. The van der Waals surface area contributed by atoms with Crippen LogP contribution >= 0.6 is 22.9 Å². The molecule has 2 N–H and O–H groups in total. The fourth-order valence-corrected chi connectivity index (χ4v) is 4.14. The Morgan fingerprint density at radius 2 is 1.79 bits per heavy atom. The highest BCUT2D eigenvalue weighted by Crippen LogP contribution is 2.37. The molecule has 0 aliphatic carbocycles. The first kappa shape index (κ1) is 20.2. The highest BCUT2D eigenvalue weighted by molar-refractivity contribution is 7.21. The van der Waals surface area contributed by atoms with Crippen LogP contribution in [0.5, 0.6) is 5.75 Å². The maximum atomic E-state index is 12.9. The zero-order chi connectivity index (χ0) is 20.5. The van der Waals surface area contributed by atoms with Crippen LogP contribution in [0.15, 0.2) is 42.5 Å². The quantitative estimate of drug-likeness (QED) is 0.602. The lowest BCUT2D eigenvalue weighted by molar-refractivity contribution is 0.0920. The van der Waals surface area contributed by atoms with Crippen LogP contribution in [0.4, 0.5) is 5.69 Å². The van der Waals surface area contributed by atoms with Crippen LogP contribution in [0.3, 0.4) is 0 Å². The third-order valence-electron chi connectivity index (χ3n) is 3.95. The van der Waals surface area contributed by atoms with Gasteiger partial charge in [0.2, 0.25) is 0 Å². The van der Waals surface area contributed by atoms with Crippen molar-refractivity contribution in [3.63, 3.8) is 0 Å². The number of thiophene rings is 1. The molecule has 3 aromatic rings. The van der Waals surface area contributed by atoms with E-state index in [1.165, 1.54) is 11.3 Å². The zero-order valence-corrected chi connectivity index (χ0v) is 17.6. The van der Waals surface area contributed by atoms with Crippen molar-refractivity contribution in [3.8, 4) is 5.75 Å². The van der Waals surface area contributed by atoms with Crippen molar-refractivity contribution in [2.45, 2.75) is 26.3 Å². The van der Waals surface area contributed by atoms with Crippen molar-refractivity contribution in [1.82, 2.24) is 5.32 Å². The number of methoxy groups -OCH3 is 1. The number of amides is 2. The van der Waals surface area contributed by atoms with Gasteiger partial charge in [-0.05, 0) is 51.1 Å². The van der Waals surface area contributed by atoms with Crippen LogP contribution in [0.2, 0.25) is 5.02 Å². The minimum Gasteiger partial charge on any atom is -0.497 e. The van der Waals surface area contributed by atoms with Crippen molar-refractivity contribution in [1.29, 1.82) is 0 Å². The summed E-state index contributed by atoms with van der Waals surface area (Å²) in [6.07, 6.45) is 0. The summed E-state index contributed by atoms with van der Waals surface area (Å²) in [5.41, 5.74) is 0.437. The fourth-order valence-electron chi connectivity index (χ4n) is 2.70. The van der Waals surface area contributed by atoms with Gasteiger partial charge in [-0.1, -0.05) is 23.7 Å². The van der Waals surface area contributed by atoms with Gasteiger partial charge in [0.1, 0.15) is 10.6 Å². The molecule has 0 saturated heterocycles. The standard InChI is InChI=1S/C21H21ClN2O3S/c1-21(2,3)24-19(25)13-7-5-6-8-15(13)23-20(26)18-17(22)14-10-9-12(27-4)11-16(14)28-18/h5-11H,1-4H3,(H,23,26)(H,24,25). The van der Waals surface area contributed by atoms with E-state index in [0.29, 0.717) is 26.9 Å². The molecule has 0 saturated carbocycles. The normalized spacial score (nSPS) is 11.3. The number of hydrogen-bond donors (Lipinski definition) is 2. The van der Waals surface area contributed by atoms with E-state index in [-0.39, 0.29) is 17.4 Å². The first-order valence-corrected chi connectivity index (χ1v) is 9.88. The number of ether oxygens (including phenoxy) is 1. The van der Waals surface area contributed by atoms with Crippen LogP contribution < -0.4 is 15.4 Å². The SMILES string of the molecule is COc1ccc2c(Cl)c(C(=O)Nc3ccccc3C(=O)NC(C)(C)C)sc2c1. The molecule has 0 radical (unpaired) electrons. The van der Waals surface area contributed by atoms with E-state index in [0.717, 1.165) is 10.1 Å². The van der Waals surface area contributed by atoms with Crippen molar-refractivity contribution < 1.29 is 14.3 Å². The van der Waals surface area contributed by atoms with E-state index >= 15 is 0 Å². The summed E-state index contributed by atoms with van der Waals surface area (Å²) >= 11 is 7.71. The molecule has 1 heterocycles. The van der Waals surface area contributed by atoms with Crippen LogP contribution in [0.25, 0.3) is 10.1 Å². The predicted octanol–water partition coefficient (Wildman–Crippen LogP) is 5.34. The summed E-state index contributed by atoms with van der Waals surface area (Å²) in [6.45, 7) is 5.70. The van der Waals surface area contributed by atoms with Gasteiger partial charge in [0.25, 0.3) is 11.8 Å². The molecule has 0 aliphatic rings. The van der Waals surface area contributed by atoms with Gasteiger partial charge in [0.05, 0.1) is 23.4 Å². The third-order valence-corrected chi connectivity index (χ3v) is 5.61. The van der Waals surface area contributed by atoms with Crippen LogP contribution in [0.1, 0.15) is 40.8 Å². The van der Waals surface area contributed by atoms with Gasteiger partial charge in [0.15, 0.2) is 0 Å². The van der Waals surface area contributed by atoms with Crippen molar-refractivity contribution in [2.75, 3.05) is 12.4 Å². The molecule has 2 amide bonds. The molecule has 0 bridgehead atoms. The molecule has 0 aliphatic heterocycles. The molecule has 1 aromatic heterocycles. The summed E-state index contributed by atoms with van der Waals surface area (Å²) in [4.78, 5) is 25.8. The summed E-state index contributed by atoms with van der Waals surface area (Å²) < 4.78 is 6.08. The maximum Gasteiger partial charge on any atom is 0.267 e. The molecule has 146 valence electrons. The molecule has 3 rings (SSSR count). The topological polar surface area (TPSA) is 67.4 Å². The van der Waals surface area contributed by atoms with E-state index in [2.05, 4.69) is 10.6 Å². The van der Waals surface area contributed by atoms with E-state index in [1.54, 1.807) is 37.4 Å². The summed E-state index contributed by atoms with van der Waals surface area (Å²) in [6, 6.07) is 12.4. The van der Waals surface area contributed by atoms with Crippen LogP contribution in [-0.4, -0.2) is 24.5 Å². The number of rotatable bonds is 4. The van der Waals surface area contributed by atoms with Gasteiger partial charge in [-0.3, -0.25) is 9.59 Å². The van der Waals surface area contributed by atoms with E-state index in [9.17, 15) is 9.59 Å². The molecule has 0 atom stereocenters. The molecular formula is C21H21ClN2O3S. The molecule has 0 unspecified atom stereocenters. The van der Waals surface area contributed by atoms with Gasteiger partial charge >= 0.3 is 0 Å². The number of fused-ring (bicyclic) bond motifs is 1. The molecule has 0 spiro atoms. The number of hydrogen-bond acceptors (Lipinski definition) is 4. The van der Waals surface area contributed by atoms with Crippen LogP contribution in [-0.2, 0) is 0 Å². The van der Waals surface area contributed by atoms with E-state index in [4.69, 9.17) is 16.3 Å². The Balaban J connectivity index is 1.91. The lowest BCUT2D eigenvalue weighted by Crippen LogP contribution is -2.40. The zero-order valence-electron chi connectivity index (χ0n) is 16.1. The summed E-state index contributed by atoms with van der Waals surface area (Å²) in [5, 5.41) is 6.90. The van der Waals surface area contributed by atoms with Gasteiger partial charge < -0.3 is 15.4 Å². The Hall–Kier alpha value is -2.57. The van der Waals surface area contributed by atoms with E-state index < -0.39 is 0 Å². The number of carbonyl (C=O) groups is 2. The van der Waals surface area contributed by atoms with Gasteiger partial charge in [-0.25, -0.2) is 0 Å².